The Balaban J connectivity index is 0.991. The first-order chi connectivity index (χ1) is 37.1. The Kier molecular flexibility index (Phi) is 9.61. The molecule has 0 amide bonds. The third kappa shape index (κ3) is 6.31. The standard InChI is InChI=1S/C72H47N3/c1-46-21-5-2-10-26-49-27-11-16-32-61(49)71(46)62-33-17-12-30-57(62)59-39-37-50(44-66(59)71)68-73-69(75-70(74-68)54-42-52(47-22-6-3-7-23-47)41-53(43-54)48-24-8-4-9-25-48)51-38-40-60-58-31-15-20-36-65(58)72(67(60)45-51)63-34-18-13-28-55(63)56-29-14-19-35-64(56)72/h2-25,27-45H,1,26H2/b10-2-,21-5-. The van der Waals surface area contributed by atoms with Crippen LogP contribution in [0.1, 0.15) is 44.5 Å². The number of benzene rings is 10. The van der Waals surface area contributed by atoms with Gasteiger partial charge in [-0.05, 0) is 142 Å². The van der Waals surface area contributed by atoms with Crippen molar-refractivity contribution < 1.29 is 0 Å². The molecule has 15 rings (SSSR count). The first kappa shape index (κ1) is 43.1. The Hall–Kier alpha value is -9.57. The summed E-state index contributed by atoms with van der Waals surface area (Å²) >= 11 is 0. The lowest BCUT2D eigenvalue weighted by atomic mass is 9.66. The number of rotatable bonds is 5. The summed E-state index contributed by atoms with van der Waals surface area (Å²) in [5.41, 5.74) is 24.4. The second kappa shape index (κ2) is 16.7. The summed E-state index contributed by atoms with van der Waals surface area (Å²) < 4.78 is 0. The maximum Gasteiger partial charge on any atom is 0.164 e. The summed E-state index contributed by atoms with van der Waals surface area (Å²) in [5, 5.41) is 0. The molecular weight excluding hydrogens is 907 g/mol. The number of fused-ring (bicyclic) bond motifs is 17. The first-order valence-electron chi connectivity index (χ1n) is 25.9. The van der Waals surface area contributed by atoms with Crippen LogP contribution < -0.4 is 0 Å². The average molecular weight is 954 g/mol. The smallest absolute Gasteiger partial charge is 0.164 e. The minimum atomic E-state index is -0.661. The monoisotopic (exact) mass is 953 g/mol. The van der Waals surface area contributed by atoms with Crippen LogP contribution in [-0.2, 0) is 17.3 Å². The van der Waals surface area contributed by atoms with Gasteiger partial charge in [-0.1, -0.05) is 237 Å². The Bertz CT molecular complexity index is 4120. The van der Waals surface area contributed by atoms with E-state index >= 15 is 0 Å². The van der Waals surface area contributed by atoms with E-state index in [1.165, 1.54) is 77.9 Å². The van der Waals surface area contributed by atoms with Crippen molar-refractivity contribution in [3.8, 4) is 89.8 Å². The molecule has 0 N–H and O–H groups in total. The highest BCUT2D eigenvalue weighted by atomic mass is 15.0. The van der Waals surface area contributed by atoms with E-state index in [0.29, 0.717) is 17.5 Å². The summed E-state index contributed by atoms with van der Waals surface area (Å²) in [7, 11) is 0. The fourth-order valence-corrected chi connectivity index (χ4v) is 13.2. The van der Waals surface area contributed by atoms with Gasteiger partial charge < -0.3 is 0 Å². The van der Waals surface area contributed by atoms with E-state index in [1.807, 2.05) is 0 Å². The molecule has 11 aromatic rings. The van der Waals surface area contributed by atoms with E-state index in [-0.39, 0.29) is 0 Å². The van der Waals surface area contributed by atoms with Crippen LogP contribution in [0.5, 0.6) is 0 Å². The molecule has 75 heavy (non-hydrogen) atoms. The highest BCUT2D eigenvalue weighted by Gasteiger charge is 2.52. The molecule has 3 heteroatoms. The molecule has 4 aliphatic carbocycles. The maximum atomic E-state index is 5.59. The van der Waals surface area contributed by atoms with Crippen LogP contribution >= 0.6 is 0 Å². The number of aromatic nitrogens is 3. The highest BCUT2D eigenvalue weighted by molar-refractivity contribution is 5.96. The van der Waals surface area contributed by atoms with Crippen LogP contribution in [0.4, 0.5) is 0 Å². The van der Waals surface area contributed by atoms with Gasteiger partial charge in [0.05, 0.1) is 10.8 Å². The molecule has 2 spiro atoms. The summed E-state index contributed by atoms with van der Waals surface area (Å²) in [6.45, 7) is 4.91. The lowest BCUT2D eigenvalue weighted by Gasteiger charge is -2.35. The summed E-state index contributed by atoms with van der Waals surface area (Å²) in [6.07, 6.45) is 9.53. The molecule has 0 saturated heterocycles. The largest absolute Gasteiger partial charge is 0.208 e. The van der Waals surface area contributed by atoms with Crippen molar-refractivity contribution in [2.45, 2.75) is 17.3 Å². The lowest BCUT2D eigenvalue weighted by Crippen LogP contribution is -2.30. The van der Waals surface area contributed by atoms with Crippen LogP contribution in [0, 0.1) is 0 Å². The zero-order valence-electron chi connectivity index (χ0n) is 41.1. The van der Waals surface area contributed by atoms with E-state index in [2.05, 4.69) is 261 Å². The van der Waals surface area contributed by atoms with Crippen LogP contribution in [-0.4, -0.2) is 15.0 Å². The zero-order chi connectivity index (χ0) is 49.7. The molecule has 0 bridgehead atoms. The predicted molar refractivity (Wildman–Crippen MR) is 306 cm³/mol. The van der Waals surface area contributed by atoms with E-state index in [9.17, 15) is 0 Å². The Labute approximate surface area is 437 Å². The molecule has 1 atom stereocenters. The minimum absolute atomic E-state index is 0.523. The second-order valence-electron chi connectivity index (χ2n) is 20.2. The Morgan fingerprint density at radius 1 is 0.293 bits per heavy atom. The fraction of sp³-hybridized carbons (Fsp3) is 0.0417. The van der Waals surface area contributed by atoms with E-state index in [0.717, 1.165) is 50.9 Å². The number of nitrogens with zero attached hydrogens (tertiary/aromatic N) is 3. The summed E-state index contributed by atoms with van der Waals surface area (Å²) in [4.78, 5) is 16.7. The van der Waals surface area contributed by atoms with Gasteiger partial charge in [-0.3, -0.25) is 0 Å². The maximum absolute atomic E-state index is 5.59. The molecule has 4 aliphatic rings. The van der Waals surface area contributed by atoms with Crippen molar-refractivity contribution in [2.75, 3.05) is 0 Å². The number of hydrogen-bond acceptors (Lipinski definition) is 3. The van der Waals surface area contributed by atoms with Crippen molar-refractivity contribution in [3.63, 3.8) is 0 Å². The number of allylic oxidation sites excluding steroid dienone is 5. The Morgan fingerprint density at radius 3 is 1.19 bits per heavy atom. The lowest BCUT2D eigenvalue weighted by molar-refractivity contribution is 0.760. The predicted octanol–water partition coefficient (Wildman–Crippen LogP) is 17.1. The highest BCUT2D eigenvalue weighted by Crippen LogP contribution is 2.63. The van der Waals surface area contributed by atoms with Crippen LogP contribution in [0.15, 0.2) is 273 Å². The quantitative estimate of drug-likeness (QED) is 0.173. The third-order valence-corrected chi connectivity index (χ3v) is 16.4. The van der Waals surface area contributed by atoms with E-state index in [1.54, 1.807) is 0 Å². The summed E-state index contributed by atoms with van der Waals surface area (Å²) in [6, 6.07) is 86.3. The third-order valence-electron chi connectivity index (χ3n) is 16.4. The Morgan fingerprint density at radius 2 is 0.680 bits per heavy atom. The first-order valence-corrected chi connectivity index (χ1v) is 25.9. The van der Waals surface area contributed by atoms with Crippen molar-refractivity contribution in [1.29, 1.82) is 0 Å². The minimum Gasteiger partial charge on any atom is -0.208 e. The van der Waals surface area contributed by atoms with Gasteiger partial charge in [0.15, 0.2) is 17.5 Å². The number of hydrogen-bond donors (Lipinski definition) is 0. The molecule has 1 unspecified atom stereocenters. The molecule has 3 nitrogen and oxygen atoms in total. The molecule has 0 saturated carbocycles. The van der Waals surface area contributed by atoms with E-state index in [4.69, 9.17) is 21.5 Å². The molecule has 0 fully saturated rings. The summed E-state index contributed by atoms with van der Waals surface area (Å²) in [5.74, 6) is 1.81. The molecule has 0 radical (unpaired) electrons. The molecule has 0 aliphatic heterocycles. The van der Waals surface area contributed by atoms with Gasteiger partial charge in [0.25, 0.3) is 0 Å². The van der Waals surface area contributed by atoms with Gasteiger partial charge >= 0.3 is 0 Å². The molecular formula is C72H47N3. The van der Waals surface area contributed by atoms with Crippen LogP contribution in [0.25, 0.3) is 89.8 Å². The SMILES string of the molecule is C=C1/C=C\C=C/Cc2ccccc2C12c1ccccc1-c1ccc(-c3nc(-c4cc(-c5ccccc5)cc(-c5ccccc5)c4)nc(-c4ccc5c(c4)C4(c6ccccc6-c6ccccc64)c4ccccc4-5)n3)cc12. The van der Waals surface area contributed by atoms with Crippen molar-refractivity contribution in [1.82, 2.24) is 15.0 Å². The van der Waals surface area contributed by atoms with Crippen LogP contribution in [0.2, 0.25) is 0 Å². The van der Waals surface area contributed by atoms with Gasteiger partial charge in [0.1, 0.15) is 0 Å². The van der Waals surface area contributed by atoms with Crippen molar-refractivity contribution in [3.05, 3.63) is 318 Å². The molecule has 1 aromatic heterocycles. The van der Waals surface area contributed by atoms with Gasteiger partial charge in [-0.25, -0.2) is 15.0 Å². The molecule has 1 heterocycles. The second-order valence-corrected chi connectivity index (χ2v) is 20.2. The van der Waals surface area contributed by atoms with Gasteiger partial charge in [0, 0.05) is 16.7 Å². The average Bonchev–Trinajstić information content (AvgIpc) is 4.21. The van der Waals surface area contributed by atoms with Crippen molar-refractivity contribution in [2.24, 2.45) is 0 Å². The topological polar surface area (TPSA) is 38.7 Å². The van der Waals surface area contributed by atoms with Gasteiger partial charge in [-0.2, -0.15) is 0 Å². The van der Waals surface area contributed by atoms with Crippen molar-refractivity contribution >= 4 is 0 Å². The van der Waals surface area contributed by atoms with Gasteiger partial charge in [-0.15, -0.1) is 0 Å². The zero-order valence-corrected chi connectivity index (χ0v) is 41.1. The van der Waals surface area contributed by atoms with Crippen LogP contribution in [0.3, 0.4) is 0 Å². The van der Waals surface area contributed by atoms with E-state index < -0.39 is 10.8 Å². The fourth-order valence-electron chi connectivity index (χ4n) is 13.2. The molecule has 10 aromatic carbocycles. The molecule has 350 valence electrons. The normalized spacial score (nSPS) is 16.6. The van der Waals surface area contributed by atoms with Gasteiger partial charge in [0.2, 0.25) is 0 Å².